The molecule has 1 rings (SSSR count). The maximum atomic E-state index is 12.3. The predicted octanol–water partition coefficient (Wildman–Crippen LogP) is 1.89. The summed E-state index contributed by atoms with van der Waals surface area (Å²) in [7, 11) is -3.76. The molecular formula is C8H7F3N2O4S. The van der Waals surface area contributed by atoms with E-state index in [0.29, 0.717) is 0 Å². The molecule has 0 atom stereocenters. The molecular weight excluding hydrogens is 277 g/mol. The second-order valence-corrected chi connectivity index (χ2v) is 4.74. The summed E-state index contributed by atoms with van der Waals surface area (Å²) in [6, 6.07) is 4.04. The molecule has 0 fully saturated rings. The molecule has 0 saturated heterocycles. The Bertz CT molecular complexity index is 526. The molecule has 0 aliphatic rings. The molecule has 0 spiro atoms. The summed E-state index contributed by atoms with van der Waals surface area (Å²) >= 11 is 0. The molecule has 0 heterocycles. The molecule has 18 heavy (non-hydrogen) atoms. The Balaban J connectivity index is 3.23. The van der Waals surface area contributed by atoms with Crippen LogP contribution in [0.4, 0.5) is 13.2 Å². The van der Waals surface area contributed by atoms with Crippen molar-refractivity contribution in [1.29, 1.82) is 0 Å². The average Bonchev–Trinajstić information content (AvgIpc) is 2.27. The number of benzene rings is 1. The number of rotatable bonds is 4. The highest BCUT2D eigenvalue weighted by Crippen LogP contribution is 2.29. The Morgan fingerprint density at radius 2 is 1.72 bits per heavy atom. The summed E-state index contributed by atoms with van der Waals surface area (Å²) in [6.45, 7) is 0. The normalized spacial score (nSPS) is 12.0. The zero-order chi connectivity index (χ0) is 14.0. The van der Waals surface area contributed by atoms with Gasteiger partial charge in [0.15, 0.2) is 0 Å². The van der Waals surface area contributed by atoms with Gasteiger partial charge in [0.1, 0.15) is 5.75 Å². The van der Waals surface area contributed by atoms with E-state index in [2.05, 4.69) is 0 Å². The van der Waals surface area contributed by atoms with Gasteiger partial charge in [-0.15, -0.1) is 18.1 Å². The molecule has 100 valence electrons. The number of alkyl halides is 3. The summed E-state index contributed by atoms with van der Waals surface area (Å²) in [5.74, 6) is 0.256. The Morgan fingerprint density at radius 3 is 2.06 bits per heavy atom. The summed E-state index contributed by atoms with van der Waals surface area (Å²) in [5.41, 5.74) is 0. The number of nitroso groups, excluding NO2 is 1. The Morgan fingerprint density at radius 1 is 1.22 bits per heavy atom. The molecule has 0 radical (unpaired) electrons. The molecule has 0 bridgehead atoms. The third kappa shape index (κ3) is 2.70. The number of sulfonamides is 1. The number of ether oxygens (including phenoxy) is 1. The van der Waals surface area contributed by atoms with Crippen LogP contribution in [0.25, 0.3) is 0 Å². The molecule has 0 N–H and O–H groups in total. The minimum absolute atomic E-state index is 0.256. The summed E-state index contributed by atoms with van der Waals surface area (Å²) in [4.78, 5) is 9.32. The van der Waals surface area contributed by atoms with Gasteiger partial charge >= 0.3 is 6.30 Å². The maximum absolute atomic E-state index is 12.3. The molecule has 0 aliphatic carbocycles. The minimum atomic E-state index is -5.42. The van der Waals surface area contributed by atoms with Gasteiger partial charge in [-0.25, -0.2) is 0 Å². The van der Waals surface area contributed by atoms with Crippen LogP contribution >= 0.6 is 0 Å². The van der Waals surface area contributed by atoms with Gasteiger partial charge in [-0.1, -0.05) is 4.41 Å². The molecule has 1 aromatic carbocycles. The van der Waals surface area contributed by atoms with E-state index >= 15 is 0 Å². The first-order chi connectivity index (χ1) is 8.23. The van der Waals surface area contributed by atoms with E-state index in [1.807, 2.05) is 0 Å². The SMILES string of the molecule is COc1ccc(S(=O)(=O)N(N=O)C(F)(F)F)cc1. The van der Waals surface area contributed by atoms with Gasteiger partial charge in [0.25, 0.3) is 10.0 Å². The third-order valence-electron chi connectivity index (χ3n) is 1.88. The first kappa shape index (κ1) is 14.2. The van der Waals surface area contributed by atoms with E-state index in [1.165, 1.54) is 12.4 Å². The lowest BCUT2D eigenvalue weighted by Gasteiger charge is -2.17. The van der Waals surface area contributed by atoms with Crippen LogP contribution in [0, 0.1) is 4.91 Å². The lowest BCUT2D eigenvalue weighted by atomic mass is 10.3. The van der Waals surface area contributed by atoms with E-state index in [-0.39, 0.29) is 5.75 Å². The Hall–Kier alpha value is -1.84. The Kier molecular flexibility index (Phi) is 3.79. The molecule has 10 heteroatoms. The smallest absolute Gasteiger partial charge is 0.497 e. The highest BCUT2D eigenvalue weighted by atomic mass is 32.2. The lowest BCUT2D eigenvalue weighted by Crippen LogP contribution is -2.38. The second kappa shape index (κ2) is 4.80. The highest BCUT2D eigenvalue weighted by Gasteiger charge is 2.47. The molecule has 0 amide bonds. The van der Waals surface area contributed by atoms with Crippen molar-refractivity contribution in [1.82, 2.24) is 4.41 Å². The van der Waals surface area contributed by atoms with E-state index in [0.717, 1.165) is 24.3 Å². The summed E-state index contributed by atoms with van der Waals surface area (Å²) in [5, 5.41) is 1.49. The van der Waals surface area contributed by atoms with E-state index in [9.17, 15) is 26.5 Å². The van der Waals surface area contributed by atoms with E-state index in [1.54, 1.807) is 0 Å². The van der Waals surface area contributed by atoms with Gasteiger partial charge in [0.05, 0.1) is 17.3 Å². The fourth-order valence-corrected chi connectivity index (χ4v) is 2.11. The number of hydrogen-bond donors (Lipinski definition) is 0. The predicted molar refractivity (Wildman–Crippen MR) is 53.9 cm³/mol. The summed E-state index contributed by atoms with van der Waals surface area (Å²) in [6.07, 6.45) is -5.42. The van der Waals surface area contributed by atoms with Gasteiger partial charge in [-0.3, -0.25) is 0 Å². The van der Waals surface area contributed by atoms with E-state index < -0.39 is 25.6 Å². The first-order valence-corrected chi connectivity index (χ1v) is 5.77. The van der Waals surface area contributed by atoms with Crippen molar-refractivity contribution in [2.75, 3.05) is 7.11 Å². The molecule has 0 saturated carbocycles. The van der Waals surface area contributed by atoms with Crippen LogP contribution in [0.2, 0.25) is 0 Å². The second-order valence-electron chi connectivity index (χ2n) is 2.97. The van der Waals surface area contributed by atoms with Crippen molar-refractivity contribution in [3.63, 3.8) is 0 Å². The van der Waals surface area contributed by atoms with Crippen LogP contribution in [0.3, 0.4) is 0 Å². The van der Waals surface area contributed by atoms with Crippen LogP contribution in [-0.4, -0.2) is 26.2 Å². The fourth-order valence-electron chi connectivity index (χ4n) is 1.07. The number of methoxy groups -OCH3 is 1. The number of nitrogens with zero attached hydrogens (tertiary/aromatic N) is 2. The molecule has 1 aromatic rings. The molecule has 0 aromatic heterocycles. The van der Waals surface area contributed by atoms with Crippen molar-refractivity contribution < 1.29 is 26.3 Å². The number of halogens is 3. The van der Waals surface area contributed by atoms with Crippen LogP contribution in [0.15, 0.2) is 34.4 Å². The lowest BCUT2D eigenvalue weighted by molar-refractivity contribution is -0.210. The van der Waals surface area contributed by atoms with Crippen molar-refractivity contribution in [3.8, 4) is 5.75 Å². The average molecular weight is 284 g/mol. The van der Waals surface area contributed by atoms with Crippen molar-refractivity contribution in [2.24, 2.45) is 5.29 Å². The molecule has 0 unspecified atom stereocenters. The number of hydrogen-bond acceptors (Lipinski definition) is 5. The zero-order valence-corrected chi connectivity index (χ0v) is 9.70. The van der Waals surface area contributed by atoms with Gasteiger partial charge < -0.3 is 4.74 Å². The van der Waals surface area contributed by atoms with E-state index in [4.69, 9.17) is 4.74 Å². The topological polar surface area (TPSA) is 76.0 Å². The van der Waals surface area contributed by atoms with Gasteiger partial charge in [0.2, 0.25) is 0 Å². The van der Waals surface area contributed by atoms with Crippen molar-refractivity contribution in [2.45, 2.75) is 11.2 Å². The fraction of sp³-hybridized carbons (Fsp3) is 0.250. The monoisotopic (exact) mass is 284 g/mol. The highest BCUT2D eigenvalue weighted by molar-refractivity contribution is 7.89. The maximum Gasteiger partial charge on any atom is 0.517 e. The zero-order valence-electron chi connectivity index (χ0n) is 8.88. The van der Waals surface area contributed by atoms with Crippen LogP contribution in [0.1, 0.15) is 0 Å². The third-order valence-corrected chi connectivity index (χ3v) is 3.47. The quantitative estimate of drug-likeness (QED) is 0.480. The summed E-state index contributed by atoms with van der Waals surface area (Å²) < 4.78 is 63.1. The first-order valence-electron chi connectivity index (χ1n) is 4.33. The van der Waals surface area contributed by atoms with Gasteiger partial charge in [-0.05, 0) is 24.3 Å². The van der Waals surface area contributed by atoms with Crippen LogP contribution in [0.5, 0.6) is 5.75 Å². The molecule has 0 aliphatic heterocycles. The molecule has 6 nitrogen and oxygen atoms in total. The van der Waals surface area contributed by atoms with Crippen LogP contribution in [-0.2, 0) is 10.0 Å². The minimum Gasteiger partial charge on any atom is -0.497 e. The standard InChI is InChI=1S/C8H7F3N2O4S/c1-17-6-2-4-7(5-3-6)18(15,16)13(12-14)8(9,10)11/h2-5H,1H3. The Labute approximate surface area is 100.0 Å². The van der Waals surface area contributed by atoms with Gasteiger partial charge in [0, 0.05) is 0 Å². The van der Waals surface area contributed by atoms with Crippen molar-refractivity contribution in [3.05, 3.63) is 29.2 Å². The van der Waals surface area contributed by atoms with Gasteiger partial charge in [-0.2, -0.15) is 8.42 Å². The largest absolute Gasteiger partial charge is 0.517 e. The van der Waals surface area contributed by atoms with Crippen molar-refractivity contribution >= 4 is 10.0 Å². The van der Waals surface area contributed by atoms with Crippen LogP contribution < -0.4 is 4.74 Å².